The quantitative estimate of drug-likeness (QED) is 0.712. The molecule has 0 saturated carbocycles. The van der Waals surface area contributed by atoms with Gasteiger partial charge in [-0.1, -0.05) is 17.7 Å². The normalized spacial score (nSPS) is 11.5. The summed E-state index contributed by atoms with van der Waals surface area (Å²) < 4.78 is 5.87. The van der Waals surface area contributed by atoms with E-state index in [9.17, 15) is 4.79 Å². The fourth-order valence-corrected chi connectivity index (χ4v) is 3.34. The highest BCUT2D eigenvalue weighted by Crippen LogP contribution is 2.38. The molecule has 24 heavy (non-hydrogen) atoms. The summed E-state index contributed by atoms with van der Waals surface area (Å²) in [5, 5.41) is 1.73. The van der Waals surface area contributed by atoms with Crippen molar-refractivity contribution in [2.45, 2.75) is 26.9 Å². The molecule has 126 valence electrons. The van der Waals surface area contributed by atoms with E-state index in [1.165, 1.54) is 0 Å². The Balaban J connectivity index is 2.54. The first-order valence-corrected chi connectivity index (χ1v) is 8.30. The van der Waals surface area contributed by atoms with E-state index in [0.29, 0.717) is 27.1 Å². The fourth-order valence-electron chi connectivity index (χ4n) is 2.98. The summed E-state index contributed by atoms with van der Waals surface area (Å²) in [6.07, 6.45) is -0.0532. The third kappa shape index (κ3) is 2.71. The number of aromatic nitrogens is 1. The zero-order valence-electron chi connectivity index (χ0n) is 14.5. The molecule has 0 bridgehead atoms. The van der Waals surface area contributed by atoms with Gasteiger partial charge >= 0.3 is 0 Å². The van der Waals surface area contributed by atoms with Crippen LogP contribution in [0.2, 0.25) is 5.02 Å². The molecular weight excluding hydrogens is 324 g/mol. The summed E-state index contributed by atoms with van der Waals surface area (Å²) in [6.45, 7) is 5.86. The van der Waals surface area contributed by atoms with E-state index in [4.69, 9.17) is 16.3 Å². The average Bonchev–Trinajstić information content (AvgIpc) is 2.45. The predicted molar refractivity (Wildman–Crippen MR) is 102 cm³/mol. The lowest BCUT2D eigenvalue weighted by Gasteiger charge is -2.20. The van der Waals surface area contributed by atoms with Gasteiger partial charge in [0.1, 0.15) is 5.75 Å². The molecule has 0 saturated heterocycles. The number of nitrogens with zero attached hydrogens (tertiary/aromatic N) is 1. The zero-order valence-corrected chi connectivity index (χ0v) is 15.3. The molecule has 3 rings (SSSR count). The number of rotatable bonds is 3. The number of benzene rings is 2. The van der Waals surface area contributed by atoms with E-state index in [2.05, 4.69) is 4.98 Å². The molecule has 0 unspecified atom stereocenters. The molecule has 3 aromatic rings. The first kappa shape index (κ1) is 16.7. The van der Waals surface area contributed by atoms with E-state index >= 15 is 0 Å². The highest BCUT2D eigenvalue weighted by Gasteiger charge is 2.19. The number of H-pyrrole nitrogens is 1. The predicted octanol–water partition coefficient (Wildman–Crippen LogP) is 4.50. The van der Waals surface area contributed by atoms with E-state index in [1.807, 2.05) is 58.0 Å². The molecule has 0 aliphatic rings. The molecule has 0 atom stereocenters. The lowest BCUT2D eigenvalue weighted by molar-refractivity contribution is 0.245. The van der Waals surface area contributed by atoms with Crippen LogP contribution < -0.4 is 15.1 Å². The van der Waals surface area contributed by atoms with Crippen molar-refractivity contribution in [3.8, 4) is 5.75 Å². The van der Waals surface area contributed by atoms with Crippen molar-refractivity contribution in [1.29, 1.82) is 0 Å². The maximum Gasteiger partial charge on any atom is 0.201 e. The number of halogens is 1. The van der Waals surface area contributed by atoms with Crippen LogP contribution in [0.15, 0.2) is 29.1 Å². The second-order valence-electron chi connectivity index (χ2n) is 6.52. The van der Waals surface area contributed by atoms with Crippen molar-refractivity contribution in [2.24, 2.45) is 0 Å². The van der Waals surface area contributed by atoms with Gasteiger partial charge in [0.2, 0.25) is 5.43 Å². The third-order valence-electron chi connectivity index (χ3n) is 3.93. The van der Waals surface area contributed by atoms with E-state index in [0.717, 1.165) is 16.8 Å². The Morgan fingerprint density at radius 3 is 2.54 bits per heavy atom. The molecule has 0 aliphatic heterocycles. The Kier molecular flexibility index (Phi) is 4.18. The highest BCUT2D eigenvalue weighted by atomic mass is 35.5. The van der Waals surface area contributed by atoms with Crippen molar-refractivity contribution in [2.75, 3.05) is 19.0 Å². The van der Waals surface area contributed by atoms with Crippen LogP contribution in [0.3, 0.4) is 0 Å². The number of aromatic amines is 1. The standard InChI is InChI=1S/C19H21ClN2O2/c1-10(2)24-15-9-13(20)18(22(4)5)17-16(15)19(23)12-7-6-11(3)8-14(12)21-17/h6-10H,1-5H3,(H,21,23). The van der Waals surface area contributed by atoms with Crippen LogP contribution in [0.1, 0.15) is 19.4 Å². The monoisotopic (exact) mass is 344 g/mol. The number of hydrogen-bond donors (Lipinski definition) is 1. The first-order chi connectivity index (χ1) is 11.3. The molecular formula is C19H21ClN2O2. The van der Waals surface area contributed by atoms with E-state index in [1.54, 1.807) is 6.07 Å². The van der Waals surface area contributed by atoms with Crippen LogP contribution in [0.4, 0.5) is 5.69 Å². The van der Waals surface area contributed by atoms with Crippen molar-refractivity contribution in [3.05, 3.63) is 45.1 Å². The lowest BCUT2D eigenvalue weighted by atomic mass is 10.1. The van der Waals surface area contributed by atoms with Gasteiger partial charge < -0.3 is 14.6 Å². The van der Waals surface area contributed by atoms with Gasteiger partial charge in [-0.05, 0) is 38.5 Å². The Morgan fingerprint density at radius 2 is 1.92 bits per heavy atom. The fraction of sp³-hybridized carbons (Fsp3) is 0.316. The molecule has 0 radical (unpaired) electrons. The first-order valence-electron chi connectivity index (χ1n) is 7.92. The van der Waals surface area contributed by atoms with Gasteiger partial charge in [0.15, 0.2) is 0 Å². The third-order valence-corrected chi connectivity index (χ3v) is 4.22. The number of fused-ring (bicyclic) bond motifs is 2. The summed E-state index contributed by atoms with van der Waals surface area (Å²) >= 11 is 6.48. The van der Waals surface area contributed by atoms with Gasteiger partial charge in [0, 0.05) is 25.5 Å². The Morgan fingerprint density at radius 1 is 1.21 bits per heavy atom. The molecule has 1 aromatic heterocycles. The average molecular weight is 345 g/mol. The number of ether oxygens (including phenoxy) is 1. The van der Waals surface area contributed by atoms with E-state index in [-0.39, 0.29) is 11.5 Å². The topological polar surface area (TPSA) is 45.3 Å². The molecule has 1 heterocycles. The van der Waals surface area contributed by atoms with Gasteiger partial charge in [-0.2, -0.15) is 0 Å². The van der Waals surface area contributed by atoms with Crippen LogP contribution in [-0.4, -0.2) is 25.2 Å². The SMILES string of the molecule is Cc1ccc2c(=O)c3c(OC(C)C)cc(Cl)c(N(C)C)c3[nH]c2c1. The second kappa shape index (κ2) is 6.02. The Labute approximate surface area is 146 Å². The minimum atomic E-state index is -0.0532. The van der Waals surface area contributed by atoms with Crippen molar-refractivity contribution >= 4 is 39.1 Å². The van der Waals surface area contributed by atoms with Gasteiger partial charge in [-0.3, -0.25) is 4.79 Å². The molecule has 5 heteroatoms. The maximum atomic E-state index is 13.1. The molecule has 0 spiro atoms. The zero-order chi connectivity index (χ0) is 17.6. The number of anilines is 1. The minimum Gasteiger partial charge on any atom is -0.490 e. The Hall–Kier alpha value is -2.20. The minimum absolute atomic E-state index is 0.0471. The Bertz CT molecular complexity index is 990. The van der Waals surface area contributed by atoms with Gasteiger partial charge in [0.25, 0.3) is 0 Å². The summed E-state index contributed by atoms with van der Waals surface area (Å²) in [7, 11) is 3.81. The highest BCUT2D eigenvalue weighted by molar-refractivity contribution is 6.35. The molecule has 1 N–H and O–H groups in total. The van der Waals surface area contributed by atoms with Crippen molar-refractivity contribution in [1.82, 2.24) is 4.98 Å². The summed E-state index contributed by atoms with van der Waals surface area (Å²) in [6, 6.07) is 7.50. The van der Waals surface area contributed by atoms with Gasteiger partial charge in [0.05, 0.1) is 33.2 Å². The lowest BCUT2D eigenvalue weighted by Crippen LogP contribution is -2.15. The summed E-state index contributed by atoms with van der Waals surface area (Å²) in [5.74, 6) is 0.513. The number of aryl methyl sites for hydroxylation is 1. The molecule has 2 aromatic carbocycles. The smallest absolute Gasteiger partial charge is 0.201 e. The molecule has 4 nitrogen and oxygen atoms in total. The largest absolute Gasteiger partial charge is 0.490 e. The van der Waals surface area contributed by atoms with Crippen molar-refractivity contribution < 1.29 is 4.74 Å². The number of pyridine rings is 1. The van der Waals surface area contributed by atoms with Gasteiger partial charge in [-0.25, -0.2) is 0 Å². The molecule has 0 amide bonds. The molecule has 0 aliphatic carbocycles. The number of nitrogens with one attached hydrogen (secondary N) is 1. The second-order valence-corrected chi connectivity index (χ2v) is 6.93. The van der Waals surface area contributed by atoms with Crippen LogP contribution in [0.5, 0.6) is 5.75 Å². The van der Waals surface area contributed by atoms with Crippen molar-refractivity contribution in [3.63, 3.8) is 0 Å². The summed E-state index contributed by atoms with van der Waals surface area (Å²) in [5.41, 5.74) is 3.32. The van der Waals surface area contributed by atoms with Gasteiger partial charge in [-0.15, -0.1) is 0 Å². The summed E-state index contributed by atoms with van der Waals surface area (Å²) in [4.78, 5) is 18.4. The van der Waals surface area contributed by atoms with Crippen LogP contribution >= 0.6 is 11.6 Å². The maximum absolute atomic E-state index is 13.1. The van der Waals surface area contributed by atoms with Crippen LogP contribution in [0, 0.1) is 6.92 Å². The van der Waals surface area contributed by atoms with Crippen LogP contribution in [-0.2, 0) is 0 Å². The van der Waals surface area contributed by atoms with E-state index < -0.39 is 0 Å². The number of hydrogen-bond acceptors (Lipinski definition) is 3. The molecule has 0 fully saturated rings. The van der Waals surface area contributed by atoms with Crippen LogP contribution in [0.25, 0.3) is 21.8 Å².